The van der Waals surface area contributed by atoms with Crippen LogP contribution in [0, 0.1) is 25.2 Å². The predicted molar refractivity (Wildman–Crippen MR) is 69.3 cm³/mol. The second kappa shape index (κ2) is 4.62. The Morgan fingerprint density at radius 2 is 1.67 bits per heavy atom. The molecule has 0 saturated carbocycles. The highest BCUT2D eigenvalue weighted by Gasteiger charge is 2.36. The normalized spacial score (nSPS) is 12.0. The number of nitriles is 1. The molecule has 1 rings (SSSR count). The number of rotatable bonds is 3. The molecular weight excluding hydrogens is 250 g/mol. The molecule has 5 heteroatoms. The number of aryl methyl sites for hydroxylation is 2. The molecular formula is C13H17NO3S. The fourth-order valence-electron chi connectivity index (χ4n) is 1.74. The van der Waals surface area contributed by atoms with Crippen LogP contribution >= 0.6 is 0 Å². The molecule has 0 aliphatic heterocycles. The number of nitrogens with zero attached hydrogens (tertiary/aromatic N) is 1. The van der Waals surface area contributed by atoms with Crippen LogP contribution in [0.25, 0.3) is 0 Å². The molecule has 0 aliphatic carbocycles. The average molecular weight is 267 g/mol. The van der Waals surface area contributed by atoms with Crippen LogP contribution < -0.4 is 4.74 Å². The SMILES string of the molecule is COc1c(C)cc(S(=O)(=O)C(C)(C)C#N)cc1C. The molecule has 0 aliphatic rings. The first-order valence-electron chi connectivity index (χ1n) is 5.48. The van der Waals surface area contributed by atoms with Crippen LogP contribution in [0.15, 0.2) is 17.0 Å². The van der Waals surface area contributed by atoms with Crippen LogP contribution in [0.2, 0.25) is 0 Å². The Balaban J connectivity index is 3.52. The van der Waals surface area contributed by atoms with Crippen LogP contribution in [0.5, 0.6) is 5.75 Å². The van der Waals surface area contributed by atoms with E-state index >= 15 is 0 Å². The number of ether oxygens (including phenoxy) is 1. The Bertz CT molecular complexity index is 587. The van der Waals surface area contributed by atoms with Gasteiger partial charge in [-0.3, -0.25) is 0 Å². The zero-order valence-electron chi connectivity index (χ0n) is 11.2. The summed E-state index contributed by atoms with van der Waals surface area (Å²) in [4.78, 5) is 0.157. The summed E-state index contributed by atoms with van der Waals surface area (Å²) in [5.41, 5.74) is 1.48. The van der Waals surface area contributed by atoms with Gasteiger partial charge in [0.05, 0.1) is 18.1 Å². The van der Waals surface area contributed by atoms with E-state index in [0.29, 0.717) is 5.75 Å². The Kier molecular flexibility index (Phi) is 3.72. The highest BCUT2D eigenvalue weighted by Crippen LogP contribution is 2.31. The average Bonchev–Trinajstić information content (AvgIpc) is 2.28. The summed E-state index contributed by atoms with van der Waals surface area (Å²) in [5.74, 6) is 0.670. The molecule has 0 bridgehead atoms. The molecule has 0 radical (unpaired) electrons. The quantitative estimate of drug-likeness (QED) is 0.843. The van der Waals surface area contributed by atoms with E-state index < -0.39 is 14.6 Å². The van der Waals surface area contributed by atoms with Crippen molar-refractivity contribution in [3.63, 3.8) is 0 Å². The highest BCUT2D eigenvalue weighted by molar-refractivity contribution is 7.93. The predicted octanol–water partition coefficient (Wildman–Crippen LogP) is 2.39. The van der Waals surface area contributed by atoms with E-state index in [9.17, 15) is 8.42 Å². The van der Waals surface area contributed by atoms with Crippen molar-refractivity contribution in [1.82, 2.24) is 0 Å². The molecule has 0 unspecified atom stereocenters. The number of hydrogen-bond donors (Lipinski definition) is 0. The monoisotopic (exact) mass is 267 g/mol. The lowest BCUT2D eigenvalue weighted by Gasteiger charge is -2.18. The van der Waals surface area contributed by atoms with Gasteiger partial charge in [0.15, 0.2) is 14.6 Å². The third-order valence-electron chi connectivity index (χ3n) is 2.89. The van der Waals surface area contributed by atoms with Crippen LogP contribution in [0.1, 0.15) is 25.0 Å². The van der Waals surface area contributed by atoms with Crippen LogP contribution in [-0.2, 0) is 9.84 Å². The molecule has 0 atom stereocenters. The summed E-state index contributed by atoms with van der Waals surface area (Å²) in [6, 6.07) is 4.91. The fraction of sp³-hybridized carbons (Fsp3) is 0.462. The van der Waals surface area contributed by atoms with E-state index in [2.05, 4.69) is 0 Å². The van der Waals surface area contributed by atoms with Crippen molar-refractivity contribution < 1.29 is 13.2 Å². The van der Waals surface area contributed by atoms with Crippen molar-refractivity contribution in [2.24, 2.45) is 0 Å². The Morgan fingerprint density at radius 3 is 2.00 bits per heavy atom. The van der Waals surface area contributed by atoms with Gasteiger partial charge in [0, 0.05) is 0 Å². The van der Waals surface area contributed by atoms with Gasteiger partial charge in [-0.1, -0.05) is 0 Å². The topological polar surface area (TPSA) is 67.2 Å². The van der Waals surface area contributed by atoms with Crippen molar-refractivity contribution in [3.8, 4) is 11.8 Å². The third kappa shape index (κ3) is 2.21. The van der Waals surface area contributed by atoms with E-state index in [1.54, 1.807) is 33.1 Å². The van der Waals surface area contributed by atoms with Gasteiger partial charge in [0.1, 0.15) is 5.75 Å². The van der Waals surface area contributed by atoms with E-state index in [4.69, 9.17) is 10.00 Å². The van der Waals surface area contributed by atoms with E-state index in [1.165, 1.54) is 13.8 Å². The standard InChI is InChI=1S/C13H17NO3S/c1-9-6-11(7-10(2)12(9)17-5)18(15,16)13(3,4)8-14/h6-7H,1-5H3. The molecule has 4 nitrogen and oxygen atoms in total. The summed E-state index contributed by atoms with van der Waals surface area (Å²) in [6.07, 6.45) is 0. The van der Waals surface area contributed by atoms with Crippen molar-refractivity contribution in [1.29, 1.82) is 5.26 Å². The van der Waals surface area contributed by atoms with Crippen LogP contribution in [-0.4, -0.2) is 20.3 Å². The van der Waals surface area contributed by atoms with Gasteiger partial charge < -0.3 is 4.74 Å². The van der Waals surface area contributed by atoms with Crippen molar-refractivity contribution in [2.75, 3.05) is 7.11 Å². The van der Waals surface area contributed by atoms with Gasteiger partial charge in [-0.15, -0.1) is 0 Å². The van der Waals surface area contributed by atoms with Gasteiger partial charge in [0.25, 0.3) is 0 Å². The summed E-state index contributed by atoms with van der Waals surface area (Å²) in [6.45, 7) is 6.36. The zero-order chi connectivity index (χ0) is 14.1. The number of sulfone groups is 1. The van der Waals surface area contributed by atoms with Crippen LogP contribution in [0.4, 0.5) is 0 Å². The molecule has 0 aromatic heterocycles. The maximum Gasteiger partial charge on any atom is 0.196 e. The Hall–Kier alpha value is -1.54. The van der Waals surface area contributed by atoms with Gasteiger partial charge in [-0.25, -0.2) is 8.42 Å². The van der Waals surface area contributed by atoms with Crippen molar-refractivity contribution >= 4 is 9.84 Å². The van der Waals surface area contributed by atoms with Crippen molar-refractivity contribution in [2.45, 2.75) is 37.3 Å². The minimum absolute atomic E-state index is 0.157. The number of hydrogen-bond acceptors (Lipinski definition) is 4. The third-order valence-corrected chi connectivity index (χ3v) is 5.18. The first-order valence-corrected chi connectivity index (χ1v) is 6.97. The summed E-state index contributed by atoms with van der Waals surface area (Å²) in [7, 11) is -2.13. The van der Waals surface area contributed by atoms with Gasteiger partial charge in [-0.2, -0.15) is 5.26 Å². The maximum atomic E-state index is 12.3. The van der Waals surface area contributed by atoms with E-state index in [-0.39, 0.29) is 4.90 Å². The summed E-state index contributed by atoms with van der Waals surface area (Å²) in [5, 5.41) is 8.98. The lowest BCUT2D eigenvalue weighted by Crippen LogP contribution is -2.30. The second-order valence-corrected chi connectivity index (χ2v) is 7.21. The first kappa shape index (κ1) is 14.5. The van der Waals surface area contributed by atoms with Gasteiger partial charge in [-0.05, 0) is 51.0 Å². The molecule has 1 aromatic rings. The first-order chi connectivity index (χ1) is 8.17. The molecule has 1 aromatic carbocycles. The minimum Gasteiger partial charge on any atom is -0.496 e. The summed E-state index contributed by atoms with van der Waals surface area (Å²) >= 11 is 0. The lowest BCUT2D eigenvalue weighted by molar-refractivity contribution is 0.408. The number of benzene rings is 1. The van der Waals surface area contributed by atoms with Crippen LogP contribution in [0.3, 0.4) is 0 Å². The largest absolute Gasteiger partial charge is 0.496 e. The molecule has 98 valence electrons. The molecule has 18 heavy (non-hydrogen) atoms. The molecule has 0 saturated heterocycles. The summed E-state index contributed by atoms with van der Waals surface area (Å²) < 4.78 is 28.4. The molecule has 0 spiro atoms. The zero-order valence-corrected chi connectivity index (χ0v) is 12.1. The lowest BCUT2D eigenvalue weighted by atomic mass is 10.1. The smallest absolute Gasteiger partial charge is 0.196 e. The van der Waals surface area contributed by atoms with Gasteiger partial charge in [0.2, 0.25) is 0 Å². The van der Waals surface area contributed by atoms with E-state index in [1.807, 2.05) is 6.07 Å². The molecule has 0 amide bonds. The Morgan fingerprint density at radius 1 is 1.22 bits per heavy atom. The fourth-order valence-corrected chi connectivity index (χ4v) is 3.12. The minimum atomic E-state index is -3.68. The van der Waals surface area contributed by atoms with E-state index in [0.717, 1.165) is 11.1 Å². The molecule has 0 fully saturated rings. The maximum absolute atomic E-state index is 12.3. The molecule has 0 N–H and O–H groups in total. The molecule has 0 heterocycles. The second-order valence-electron chi connectivity index (χ2n) is 4.72. The highest BCUT2D eigenvalue weighted by atomic mass is 32.2. The van der Waals surface area contributed by atoms with Gasteiger partial charge >= 0.3 is 0 Å². The number of methoxy groups -OCH3 is 1. The van der Waals surface area contributed by atoms with Crippen molar-refractivity contribution in [3.05, 3.63) is 23.3 Å². The Labute approximate surface area is 108 Å².